The molecule has 2 N–H and O–H groups in total. The highest BCUT2D eigenvalue weighted by Gasteiger charge is 2.46. The first-order valence-electron chi connectivity index (χ1n) is 10.1. The van der Waals surface area contributed by atoms with Gasteiger partial charge in [-0.1, -0.05) is 23.7 Å². The van der Waals surface area contributed by atoms with Gasteiger partial charge in [0, 0.05) is 29.6 Å². The summed E-state index contributed by atoms with van der Waals surface area (Å²) in [6.07, 6.45) is -4.57. The normalized spacial score (nSPS) is 22.7. The maximum atomic E-state index is 13.5. The molecule has 2 saturated heterocycles. The van der Waals surface area contributed by atoms with Gasteiger partial charge in [0.05, 0.1) is 5.56 Å². The second kappa shape index (κ2) is 8.66. The van der Waals surface area contributed by atoms with Gasteiger partial charge in [-0.2, -0.15) is 13.2 Å². The van der Waals surface area contributed by atoms with Crippen LogP contribution in [0.25, 0.3) is 0 Å². The first kappa shape index (κ1) is 23.0. The van der Waals surface area contributed by atoms with Gasteiger partial charge in [-0.25, -0.2) is 4.39 Å². The highest BCUT2D eigenvalue weighted by Crippen LogP contribution is 2.32. The van der Waals surface area contributed by atoms with Gasteiger partial charge in [0.2, 0.25) is 11.8 Å². The minimum absolute atomic E-state index is 0.0348. The molecule has 3 amide bonds. The number of carbonyl (C=O) groups excluding carboxylic acids is 3. The zero-order valence-electron chi connectivity index (χ0n) is 17.0. The average molecular weight is 484 g/mol. The number of nitrogens with zero attached hydrogens (tertiary/aromatic N) is 1. The maximum absolute atomic E-state index is 13.5. The summed E-state index contributed by atoms with van der Waals surface area (Å²) in [5.41, 5.74) is -1.11. The Bertz CT molecular complexity index is 1110. The largest absolute Gasteiger partial charge is 0.419 e. The molecule has 0 unspecified atom stereocenters. The highest BCUT2D eigenvalue weighted by molar-refractivity contribution is 6.30. The molecule has 4 rings (SSSR count). The van der Waals surface area contributed by atoms with E-state index in [0.717, 1.165) is 11.6 Å². The van der Waals surface area contributed by atoms with Crippen molar-refractivity contribution in [3.05, 3.63) is 70.0 Å². The van der Waals surface area contributed by atoms with Crippen molar-refractivity contribution in [2.24, 2.45) is 0 Å². The van der Waals surface area contributed by atoms with E-state index in [9.17, 15) is 31.9 Å². The van der Waals surface area contributed by atoms with E-state index in [1.54, 1.807) is 24.3 Å². The van der Waals surface area contributed by atoms with Crippen LogP contribution in [-0.2, 0) is 22.2 Å². The molecule has 2 aliphatic rings. The van der Waals surface area contributed by atoms with Crippen LogP contribution < -0.4 is 10.6 Å². The molecule has 2 fully saturated rings. The summed E-state index contributed by atoms with van der Waals surface area (Å²) in [5.74, 6) is -3.01. The third-order valence-electron chi connectivity index (χ3n) is 5.72. The number of carbonyl (C=O) groups is 3. The Hall–Kier alpha value is -3.14. The van der Waals surface area contributed by atoms with Crippen LogP contribution in [0.3, 0.4) is 0 Å². The zero-order chi connectivity index (χ0) is 23.9. The van der Waals surface area contributed by atoms with Gasteiger partial charge in [0.15, 0.2) is 0 Å². The molecule has 2 aromatic rings. The van der Waals surface area contributed by atoms with Crippen molar-refractivity contribution in [2.75, 3.05) is 6.54 Å². The molecule has 3 atom stereocenters. The summed E-state index contributed by atoms with van der Waals surface area (Å²) in [6.45, 7) is 0.0348. The number of piperazine rings is 1. The van der Waals surface area contributed by atoms with Gasteiger partial charge in [0.1, 0.15) is 17.9 Å². The summed E-state index contributed by atoms with van der Waals surface area (Å²) in [6, 6.07) is 6.59. The lowest BCUT2D eigenvalue weighted by molar-refractivity contribution is -0.147. The van der Waals surface area contributed by atoms with Crippen molar-refractivity contribution >= 4 is 29.3 Å². The van der Waals surface area contributed by atoms with E-state index in [2.05, 4.69) is 10.6 Å². The molecule has 0 saturated carbocycles. The van der Waals surface area contributed by atoms with Crippen LogP contribution in [0.4, 0.5) is 17.6 Å². The fourth-order valence-electron chi connectivity index (χ4n) is 4.11. The first-order valence-corrected chi connectivity index (χ1v) is 10.4. The Morgan fingerprint density at radius 1 is 1.15 bits per heavy atom. The Labute approximate surface area is 190 Å². The van der Waals surface area contributed by atoms with E-state index in [4.69, 9.17) is 11.6 Å². The molecule has 0 aromatic heterocycles. The van der Waals surface area contributed by atoms with Crippen LogP contribution in [-0.4, -0.2) is 47.3 Å². The lowest BCUT2D eigenvalue weighted by Gasteiger charge is -2.34. The molecule has 6 nitrogen and oxygen atoms in total. The molecule has 0 spiro atoms. The molecule has 174 valence electrons. The third kappa shape index (κ3) is 4.80. The lowest BCUT2D eigenvalue weighted by atomic mass is 10.0. The number of hydrogen-bond donors (Lipinski definition) is 2. The highest BCUT2D eigenvalue weighted by atomic mass is 35.5. The molecule has 11 heteroatoms. The second-order valence-corrected chi connectivity index (χ2v) is 8.43. The van der Waals surface area contributed by atoms with Gasteiger partial charge in [-0.15, -0.1) is 0 Å². The van der Waals surface area contributed by atoms with E-state index in [1.165, 1.54) is 4.90 Å². The summed E-state index contributed by atoms with van der Waals surface area (Å²) in [4.78, 5) is 39.3. The Morgan fingerprint density at radius 2 is 1.85 bits per heavy atom. The van der Waals surface area contributed by atoms with E-state index in [1.807, 2.05) is 0 Å². The monoisotopic (exact) mass is 483 g/mol. The number of halogens is 5. The first-order chi connectivity index (χ1) is 15.5. The van der Waals surface area contributed by atoms with Crippen molar-refractivity contribution in [2.45, 2.75) is 37.1 Å². The summed E-state index contributed by atoms with van der Waals surface area (Å²) in [7, 11) is 0. The van der Waals surface area contributed by atoms with Gasteiger partial charge in [0.25, 0.3) is 5.91 Å². The lowest BCUT2D eigenvalue weighted by Crippen LogP contribution is -2.61. The fourth-order valence-corrected chi connectivity index (χ4v) is 4.24. The third-order valence-corrected chi connectivity index (χ3v) is 5.98. The molecule has 0 aliphatic carbocycles. The maximum Gasteiger partial charge on any atom is 0.419 e. The summed E-state index contributed by atoms with van der Waals surface area (Å²) >= 11 is 5.87. The molecule has 0 radical (unpaired) electrons. The van der Waals surface area contributed by atoms with Crippen LogP contribution in [0.5, 0.6) is 0 Å². The number of fused-ring (bicyclic) bond motifs is 1. The summed E-state index contributed by atoms with van der Waals surface area (Å²) in [5, 5.41) is 5.78. The predicted octanol–water partition coefficient (Wildman–Crippen LogP) is 2.94. The van der Waals surface area contributed by atoms with E-state index < -0.39 is 41.6 Å². The van der Waals surface area contributed by atoms with Crippen LogP contribution in [0.1, 0.15) is 27.9 Å². The number of hydrogen-bond acceptors (Lipinski definition) is 3. The van der Waals surface area contributed by atoms with E-state index in [-0.39, 0.29) is 36.8 Å². The Balaban J connectivity index is 1.44. The van der Waals surface area contributed by atoms with E-state index in [0.29, 0.717) is 17.2 Å². The Morgan fingerprint density at radius 3 is 2.52 bits per heavy atom. The topological polar surface area (TPSA) is 78.5 Å². The van der Waals surface area contributed by atoms with Gasteiger partial charge in [-0.05, 0) is 42.3 Å². The van der Waals surface area contributed by atoms with Crippen LogP contribution in [0, 0.1) is 5.82 Å². The molecule has 2 aromatic carbocycles. The molecular weight excluding hydrogens is 466 g/mol. The standard InChI is InChI=1S/C22H18ClF4N3O3/c23-13-4-1-11(2-5-13)7-17-21(33)30-10-14(9-18(30)20(32)29-17)28-19(31)12-3-6-16(24)15(8-12)22(25,26)27/h1-6,8,14,17-18H,7,9-10H2,(H,28,31)(H,29,32)/t14-,17-,18-/m0/s1. The van der Waals surface area contributed by atoms with Crippen LogP contribution in [0.2, 0.25) is 5.02 Å². The molecular formula is C22H18ClF4N3O3. The number of amides is 3. The zero-order valence-corrected chi connectivity index (χ0v) is 17.7. The number of rotatable bonds is 4. The minimum atomic E-state index is -4.95. The second-order valence-electron chi connectivity index (χ2n) is 8.00. The molecule has 2 aliphatic heterocycles. The number of nitrogens with one attached hydrogen (secondary N) is 2. The fraction of sp³-hybridized carbons (Fsp3) is 0.318. The van der Waals surface area contributed by atoms with Crippen LogP contribution in [0.15, 0.2) is 42.5 Å². The summed E-state index contributed by atoms with van der Waals surface area (Å²) < 4.78 is 52.3. The SMILES string of the molecule is O=C(N[C@H]1C[C@H]2C(=O)N[C@@H](Cc3ccc(Cl)cc3)C(=O)N2C1)c1ccc(F)c(C(F)(F)F)c1. The minimum Gasteiger partial charge on any atom is -0.347 e. The van der Waals surface area contributed by atoms with Crippen molar-refractivity contribution in [3.63, 3.8) is 0 Å². The smallest absolute Gasteiger partial charge is 0.347 e. The Kier molecular flexibility index (Phi) is 6.04. The quantitative estimate of drug-likeness (QED) is 0.656. The van der Waals surface area contributed by atoms with Gasteiger partial charge < -0.3 is 15.5 Å². The number of benzene rings is 2. The van der Waals surface area contributed by atoms with Crippen molar-refractivity contribution in [1.29, 1.82) is 0 Å². The molecule has 2 heterocycles. The van der Waals surface area contributed by atoms with Crippen molar-refractivity contribution < 1.29 is 31.9 Å². The van der Waals surface area contributed by atoms with Gasteiger partial charge in [-0.3, -0.25) is 14.4 Å². The molecule has 0 bridgehead atoms. The number of alkyl halides is 3. The van der Waals surface area contributed by atoms with E-state index >= 15 is 0 Å². The van der Waals surface area contributed by atoms with Crippen molar-refractivity contribution in [1.82, 2.24) is 15.5 Å². The predicted molar refractivity (Wildman–Crippen MR) is 110 cm³/mol. The average Bonchev–Trinajstić information content (AvgIpc) is 3.17. The van der Waals surface area contributed by atoms with Crippen LogP contribution >= 0.6 is 11.6 Å². The van der Waals surface area contributed by atoms with Gasteiger partial charge >= 0.3 is 6.18 Å². The van der Waals surface area contributed by atoms with Crippen molar-refractivity contribution in [3.8, 4) is 0 Å². The molecule has 33 heavy (non-hydrogen) atoms.